The van der Waals surface area contributed by atoms with E-state index >= 15 is 0 Å². The normalized spacial score (nSPS) is 17.1. The monoisotopic (exact) mass is 470 g/mol. The Morgan fingerprint density at radius 3 is 2.34 bits per heavy atom. The van der Waals surface area contributed by atoms with Gasteiger partial charge in [-0.1, -0.05) is 13.8 Å². The predicted octanol–water partition coefficient (Wildman–Crippen LogP) is 3.14. The van der Waals surface area contributed by atoms with Crippen LogP contribution in [0, 0.1) is 0 Å². The minimum atomic E-state index is -4.44. The lowest BCUT2D eigenvalue weighted by molar-refractivity contribution is -0.137. The first-order valence-electron chi connectivity index (χ1n) is 10.3. The van der Waals surface area contributed by atoms with Crippen molar-refractivity contribution in [2.75, 3.05) is 31.1 Å². The van der Waals surface area contributed by atoms with Crippen molar-refractivity contribution in [3.05, 3.63) is 53.7 Å². The number of halogens is 3. The first-order valence-corrected chi connectivity index (χ1v) is 11.7. The van der Waals surface area contributed by atoms with Gasteiger partial charge in [0.15, 0.2) is 0 Å². The summed E-state index contributed by atoms with van der Waals surface area (Å²) in [4.78, 5) is 18.4. The van der Waals surface area contributed by atoms with Crippen LogP contribution >= 0.6 is 0 Å². The van der Waals surface area contributed by atoms with Crippen molar-refractivity contribution < 1.29 is 26.4 Å². The summed E-state index contributed by atoms with van der Waals surface area (Å²) >= 11 is 0. The summed E-state index contributed by atoms with van der Waals surface area (Å²) in [6.45, 7) is 5.19. The van der Waals surface area contributed by atoms with Gasteiger partial charge in [0.2, 0.25) is 10.0 Å². The molecule has 32 heavy (non-hydrogen) atoms. The number of anilines is 1. The van der Waals surface area contributed by atoms with E-state index in [1.165, 1.54) is 34.6 Å². The van der Waals surface area contributed by atoms with E-state index in [0.717, 1.165) is 12.3 Å². The average Bonchev–Trinajstić information content (AvgIpc) is 3.22. The van der Waals surface area contributed by atoms with Crippen LogP contribution in [0.5, 0.6) is 0 Å². The number of hydrogen-bond donors (Lipinski definition) is 1. The second-order valence-corrected chi connectivity index (χ2v) is 9.36. The van der Waals surface area contributed by atoms with E-state index < -0.39 is 21.8 Å². The molecule has 1 amide bonds. The molecule has 2 aromatic rings. The molecule has 1 saturated heterocycles. The third-order valence-corrected chi connectivity index (χ3v) is 7.45. The lowest BCUT2D eigenvalue weighted by Gasteiger charge is -2.19. The zero-order chi connectivity index (χ0) is 23.5. The molecule has 1 aromatic carbocycles. The maximum atomic E-state index is 12.7. The summed E-state index contributed by atoms with van der Waals surface area (Å²) in [5.74, 6) is 0.0738. The van der Waals surface area contributed by atoms with Gasteiger partial charge in [-0.2, -0.15) is 17.5 Å². The molecule has 7 nitrogen and oxygen atoms in total. The summed E-state index contributed by atoms with van der Waals surface area (Å²) in [5.41, 5.74) is -0.480. The van der Waals surface area contributed by atoms with Crippen LogP contribution < -0.4 is 10.2 Å². The quantitative estimate of drug-likeness (QED) is 0.672. The molecule has 1 fully saturated rings. The Morgan fingerprint density at radius 2 is 1.81 bits per heavy atom. The van der Waals surface area contributed by atoms with Gasteiger partial charge >= 0.3 is 6.18 Å². The number of rotatable bonds is 7. The summed E-state index contributed by atoms with van der Waals surface area (Å²) in [7, 11) is -3.60. The highest BCUT2D eigenvalue weighted by Crippen LogP contribution is 2.30. The molecule has 0 spiro atoms. The van der Waals surface area contributed by atoms with Crippen LogP contribution in [0.25, 0.3) is 0 Å². The molecule has 1 N–H and O–H groups in total. The van der Waals surface area contributed by atoms with E-state index in [1.807, 2.05) is 4.90 Å². The summed E-state index contributed by atoms with van der Waals surface area (Å²) in [6, 6.07) is 7.87. The van der Waals surface area contributed by atoms with Crippen molar-refractivity contribution in [2.45, 2.75) is 37.4 Å². The third kappa shape index (κ3) is 5.21. The Kier molecular flexibility index (Phi) is 7.09. The van der Waals surface area contributed by atoms with Gasteiger partial charge in [-0.3, -0.25) is 4.79 Å². The number of aromatic nitrogens is 1. The van der Waals surface area contributed by atoms with Gasteiger partial charge in [0, 0.05) is 44.0 Å². The van der Waals surface area contributed by atoms with E-state index in [1.54, 1.807) is 13.8 Å². The molecule has 3 rings (SSSR count). The predicted molar refractivity (Wildman–Crippen MR) is 114 cm³/mol. The largest absolute Gasteiger partial charge is 0.417 e. The molecule has 1 unspecified atom stereocenters. The molecule has 1 aliphatic rings. The van der Waals surface area contributed by atoms with Crippen molar-refractivity contribution in [1.29, 1.82) is 0 Å². The molecule has 0 bridgehead atoms. The molecule has 174 valence electrons. The number of nitrogens with zero attached hydrogens (tertiary/aromatic N) is 3. The highest BCUT2D eigenvalue weighted by molar-refractivity contribution is 7.89. The van der Waals surface area contributed by atoms with Gasteiger partial charge in [0.1, 0.15) is 5.82 Å². The highest BCUT2D eigenvalue weighted by atomic mass is 32.2. The fourth-order valence-corrected chi connectivity index (χ4v) is 5.04. The molecular weight excluding hydrogens is 445 g/mol. The van der Waals surface area contributed by atoms with Crippen molar-refractivity contribution in [3.8, 4) is 0 Å². The maximum Gasteiger partial charge on any atom is 0.417 e. The van der Waals surface area contributed by atoms with Crippen LogP contribution in [0.3, 0.4) is 0 Å². The Hall–Kier alpha value is -2.66. The van der Waals surface area contributed by atoms with Gasteiger partial charge in [-0.25, -0.2) is 13.4 Å². The molecule has 1 atom stereocenters. The average molecular weight is 471 g/mol. The van der Waals surface area contributed by atoms with Gasteiger partial charge in [-0.15, -0.1) is 0 Å². The minimum absolute atomic E-state index is 0.123. The summed E-state index contributed by atoms with van der Waals surface area (Å²) < 4.78 is 64.5. The van der Waals surface area contributed by atoms with Gasteiger partial charge in [0.05, 0.1) is 10.5 Å². The summed E-state index contributed by atoms with van der Waals surface area (Å²) in [5, 5.41) is 2.89. The van der Waals surface area contributed by atoms with E-state index in [4.69, 9.17) is 0 Å². The number of hydrogen-bond acceptors (Lipinski definition) is 5. The number of sulfonamides is 1. The van der Waals surface area contributed by atoms with E-state index in [9.17, 15) is 26.4 Å². The zero-order valence-corrected chi connectivity index (χ0v) is 18.6. The van der Waals surface area contributed by atoms with E-state index in [-0.39, 0.29) is 16.8 Å². The standard InChI is InChI=1S/C21H25F3N4O3S/c1-3-28(4-2)32(30,31)18-8-5-15(6-9-18)20(29)26-17-11-12-27(14-17)19-10-7-16(13-25-19)21(22,23)24/h5-10,13,17H,3-4,11-12,14H2,1-2H3,(H,26,29). The molecule has 1 aliphatic heterocycles. The van der Waals surface area contributed by atoms with Crippen LogP contribution in [0.4, 0.5) is 19.0 Å². The third-order valence-electron chi connectivity index (χ3n) is 5.38. The topological polar surface area (TPSA) is 82.6 Å². The van der Waals surface area contributed by atoms with Gasteiger partial charge in [-0.05, 0) is 42.8 Å². The van der Waals surface area contributed by atoms with Gasteiger partial charge in [0.25, 0.3) is 5.91 Å². The zero-order valence-electron chi connectivity index (χ0n) is 17.8. The lowest BCUT2D eigenvalue weighted by atomic mass is 10.2. The molecule has 0 aliphatic carbocycles. The van der Waals surface area contributed by atoms with Crippen molar-refractivity contribution in [1.82, 2.24) is 14.6 Å². The second-order valence-electron chi connectivity index (χ2n) is 7.42. The highest BCUT2D eigenvalue weighted by Gasteiger charge is 2.31. The smallest absolute Gasteiger partial charge is 0.354 e. The van der Waals surface area contributed by atoms with Crippen LogP contribution in [-0.4, -0.2) is 55.8 Å². The fourth-order valence-electron chi connectivity index (χ4n) is 3.59. The van der Waals surface area contributed by atoms with Crippen molar-refractivity contribution >= 4 is 21.7 Å². The Balaban J connectivity index is 1.61. The first kappa shape index (κ1) is 24.0. The van der Waals surface area contributed by atoms with Crippen LogP contribution in [0.15, 0.2) is 47.5 Å². The number of nitrogens with one attached hydrogen (secondary N) is 1. The first-order chi connectivity index (χ1) is 15.1. The Labute approximate surface area is 185 Å². The Morgan fingerprint density at radius 1 is 1.16 bits per heavy atom. The van der Waals surface area contributed by atoms with Crippen LogP contribution in [0.1, 0.15) is 36.2 Å². The van der Waals surface area contributed by atoms with Crippen LogP contribution in [0.2, 0.25) is 0 Å². The fraction of sp³-hybridized carbons (Fsp3) is 0.429. The summed E-state index contributed by atoms with van der Waals surface area (Å²) in [6.07, 6.45) is -3.02. The van der Waals surface area contributed by atoms with E-state index in [2.05, 4.69) is 10.3 Å². The minimum Gasteiger partial charge on any atom is -0.354 e. The Bertz CT molecular complexity index is 1040. The van der Waals surface area contributed by atoms with E-state index in [0.29, 0.717) is 44.0 Å². The maximum absolute atomic E-state index is 12.7. The second kappa shape index (κ2) is 9.45. The number of carbonyl (C=O) groups excluding carboxylic acids is 1. The number of benzene rings is 1. The molecular formula is C21H25F3N4O3S. The number of alkyl halides is 3. The lowest BCUT2D eigenvalue weighted by Crippen LogP contribution is -2.37. The van der Waals surface area contributed by atoms with Gasteiger partial charge < -0.3 is 10.2 Å². The SMILES string of the molecule is CCN(CC)S(=O)(=O)c1ccc(C(=O)NC2CCN(c3ccc(C(F)(F)F)cn3)C2)cc1. The van der Waals surface area contributed by atoms with Crippen molar-refractivity contribution in [3.63, 3.8) is 0 Å². The van der Waals surface area contributed by atoms with Crippen LogP contribution in [-0.2, 0) is 16.2 Å². The number of carbonyl (C=O) groups is 1. The number of amides is 1. The number of pyridine rings is 1. The molecule has 1 aromatic heterocycles. The van der Waals surface area contributed by atoms with Crippen molar-refractivity contribution in [2.24, 2.45) is 0 Å². The molecule has 11 heteroatoms. The molecule has 2 heterocycles. The molecule has 0 saturated carbocycles. The molecule has 0 radical (unpaired) electrons.